The average molecular weight is 493 g/mol. The lowest BCUT2D eigenvalue weighted by atomic mass is 9.91. The Hall–Kier alpha value is -3.33. The smallest absolute Gasteiger partial charge is 0.335 e. The van der Waals surface area contributed by atoms with Crippen molar-refractivity contribution in [3.05, 3.63) is 80.9 Å². The van der Waals surface area contributed by atoms with E-state index >= 15 is 0 Å². The zero-order valence-electron chi connectivity index (χ0n) is 17.8. The summed E-state index contributed by atoms with van der Waals surface area (Å²) in [7, 11) is 0. The molecule has 34 heavy (non-hydrogen) atoms. The fourth-order valence-corrected chi connectivity index (χ4v) is 4.31. The molecule has 4 rings (SSSR count). The van der Waals surface area contributed by atoms with Crippen LogP contribution in [0.3, 0.4) is 0 Å². The van der Waals surface area contributed by atoms with Crippen molar-refractivity contribution in [1.82, 2.24) is 5.32 Å². The van der Waals surface area contributed by atoms with Crippen LogP contribution in [-0.2, 0) is 10.2 Å². The number of carbonyl (C=O) groups is 2. The number of benzene rings is 2. The molecular formula is C24H20ClF3N2O4. The Balaban J connectivity index is 1.68. The summed E-state index contributed by atoms with van der Waals surface area (Å²) in [5.41, 5.74) is -1.99. The van der Waals surface area contributed by atoms with Crippen LogP contribution in [0.15, 0.2) is 47.9 Å². The molecule has 6 nitrogen and oxygen atoms in total. The van der Waals surface area contributed by atoms with E-state index in [1.165, 1.54) is 18.2 Å². The molecule has 1 saturated carbocycles. The summed E-state index contributed by atoms with van der Waals surface area (Å²) in [6.07, 6.45) is -1.39. The molecule has 0 bridgehead atoms. The van der Waals surface area contributed by atoms with Gasteiger partial charge >= 0.3 is 5.97 Å². The Morgan fingerprint density at radius 2 is 1.94 bits per heavy atom. The molecule has 1 aliphatic carbocycles. The highest BCUT2D eigenvalue weighted by molar-refractivity contribution is 6.34. The van der Waals surface area contributed by atoms with Gasteiger partial charge in [0.1, 0.15) is 11.5 Å². The topological polar surface area (TPSA) is 99.5 Å². The third-order valence-corrected chi connectivity index (χ3v) is 6.37. The van der Waals surface area contributed by atoms with Crippen molar-refractivity contribution in [2.75, 3.05) is 6.61 Å². The van der Waals surface area contributed by atoms with Crippen molar-refractivity contribution in [2.45, 2.75) is 37.5 Å². The maximum atomic E-state index is 14.5. The Labute approximate surface area is 197 Å². The number of amides is 1. The molecule has 0 atom stereocenters. The van der Waals surface area contributed by atoms with Gasteiger partial charge in [-0.25, -0.2) is 18.0 Å². The maximum Gasteiger partial charge on any atom is 0.335 e. The number of allylic oxidation sites excluding steroid dienone is 2. The van der Waals surface area contributed by atoms with Crippen LogP contribution < -0.4 is 5.32 Å². The molecule has 0 radical (unpaired) electrons. The number of nitrogens with one attached hydrogen (secondary N) is 2. The minimum Gasteiger partial charge on any atom is -0.489 e. The van der Waals surface area contributed by atoms with E-state index in [4.69, 9.17) is 26.9 Å². The molecule has 178 valence electrons. The Morgan fingerprint density at radius 3 is 2.56 bits per heavy atom. The first-order valence-electron chi connectivity index (χ1n) is 10.5. The SMILES string of the molecule is N=C(C1=C(NC(=O)c2c(Cl)cccc2C2(C(F)F)CC2)CCCO1)c1ccc(C(=O)O)cc1F. The number of hydrogen-bond acceptors (Lipinski definition) is 4. The summed E-state index contributed by atoms with van der Waals surface area (Å²) < 4.78 is 47.6. The van der Waals surface area contributed by atoms with Gasteiger partial charge in [0.25, 0.3) is 5.91 Å². The van der Waals surface area contributed by atoms with Crippen molar-refractivity contribution in [3.63, 3.8) is 0 Å². The third-order valence-electron chi connectivity index (χ3n) is 6.05. The van der Waals surface area contributed by atoms with Gasteiger partial charge in [-0.05, 0) is 55.5 Å². The molecule has 0 spiro atoms. The predicted octanol–water partition coefficient (Wildman–Crippen LogP) is 5.29. The van der Waals surface area contributed by atoms with Crippen molar-refractivity contribution < 1.29 is 32.6 Å². The van der Waals surface area contributed by atoms with Crippen LogP contribution in [0.4, 0.5) is 13.2 Å². The number of aromatic carboxylic acids is 1. The Morgan fingerprint density at radius 1 is 1.21 bits per heavy atom. The molecule has 0 unspecified atom stereocenters. The van der Waals surface area contributed by atoms with E-state index in [0.29, 0.717) is 6.42 Å². The van der Waals surface area contributed by atoms with Gasteiger partial charge < -0.3 is 15.2 Å². The van der Waals surface area contributed by atoms with Crippen molar-refractivity contribution in [1.29, 1.82) is 5.41 Å². The Kier molecular flexibility index (Phi) is 6.40. The van der Waals surface area contributed by atoms with Crippen LogP contribution in [0.5, 0.6) is 0 Å². The number of hydrogen-bond donors (Lipinski definition) is 3. The minimum absolute atomic E-state index is 0.0196. The summed E-state index contributed by atoms with van der Waals surface area (Å²) in [6, 6.07) is 7.53. The van der Waals surface area contributed by atoms with Crippen LogP contribution in [0.25, 0.3) is 0 Å². The van der Waals surface area contributed by atoms with Gasteiger partial charge in [0, 0.05) is 5.56 Å². The van der Waals surface area contributed by atoms with Crippen LogP contribution in [0.2, 0.25) is 5.02 Å². The summed E-state index contributed by atoms with van der Waals surface area (Å²) in [4.78, 5) is 24.3. The molecule has 1 fully saturated rings. The van der Waals surface area contributed by atoms with Gasteiger partial charge in [0.15, 0.2) is 5.76 Å². The Bertz CT molecular complexity index is 1220. The second-order valence-corrected chi connectivity index (χ2v) is 8.62. The molecule has 1 amide bonds. The zero-order valence-corrected chi connectivity index (χ0v) is 18.5. The van der Waals surface area contributed by atoms with Gasteiger partial charge in [-0.2, -0.15) is 0 Å². The first-order chi connectivity index (χ1) is 16.2. The molecular weight excluding hydrogens is 473 g/mol. The summed E-state index contributed by atoms with van der Waals surface area (Å²) >= 11 is 6.24. The molecule has 10 heteroatoms. The van der Waals surface area contributed by atoms with Crippen LogP contribution >= 0.6 is 11.6 Å². The second kappa shape index (κ2) is 9.13. The average Bonchev–Trinajstić information content (AvgIpc) is 3.61. The van der Waals surface area contributed by atoms with E-state index in [0.717, 1.165) is 18.2 Å². The van der Waals surface area contributed by atoms with Gasteiger partial charge in [-0.1, -0.05) is 23.7 Å². The van der Waals surface area contributed by atoms with Crippen molar-refractivity contribution in [3.8, 4) is 0 Å². The van der Waals surface area contributed by atoms with E-state index in [2.05, 4.69) is 5.32 Å². The number of rotatable bonds is 7. The van der Waals surface area contributed by atoms with Crippen LogP contribution in [-0.4, -0.2) is 35.7 Å². The van der Waals surface area contributed by atoms with Crippen molar-refractivity contribution in [2.24, 2.45) is 0 Å². The molecule has 0 saturated heterocycles. The van der Waals surface area contributed by atoms with Crippen LogP contribution in [0, 0.1) is 11.2 Å². The standard InChI is InChI=1S/C24H20ClF3N2O4/c25-15-4-1-3-14(24(8-9-24)23(27)28)18(15)21(31)30-17-5-2-10-34-20(17)19(29)13-7-6-12(22(32)33)11-16(13)26/h1,3-4,6-7,11,23,29H,2,5,8-10H2,(H,30,31)(H,32,33). The highest BCUT2D eigenvalue weighted by Crippen LogP contribution is 2.54. The number of alkyl halides is 2. The highest BCUT2D eigenvalue weighted by atomic mass is 35.5. The molecule has 2 aromatic rings. The molecule has 0 aromatic heterocycles. The fraction of sp³-hybridized carbons (Fsp3) is 0.292. The van der Waals surface area contributed by atoms with Crippen molar-refractivity contribution >= 4 is 29.2 Å². The maximum absolute atomic E-state index is 14.5. The lowest BCUT2D eigenvalue weighted by Crippen LogP contribution is -2.31. The monoisotopic (exact) mass is 492 g/mol. The quantitative estimate of drug-likeness (QED) is 0.457. The molecule has 1 heterocycles. The number of carbonyl (C=O) groups excluding carboxylic acids is 1. The van der Waals surface area contributed by atoms with Gasteiger partial charge in [0.2, 0.25) is 6.43 Å². The van der Waals surface area contributed by atoms with E-state index in [-0.39, 0.29) is 70.3 Å². The number of carboxylic acid groups (broad SMARTS) is 1. The number of halogens is 4. The normalized spacial score (nSPS) is 16.7. The second-order valence-electron chi connectivity index (χ2n) is 8.21. The highest BCUT2D eigenvalue weighted by Gasteiger charge is 2.54. The summed E-state index contributed by atoms with van der Waals surface area (Å²) in [5.74, 6) is -3.05. The lowest BCUT2D eigenvalue weighted by Gasteiger charge is -2.24. The van der Waals surface area contributed by atoms with E-state index in [1.807, 2.05) is 0 Å². The summed E-state index contributed by atoms with van der Waals surface area (Å²) in [6.45, 7) is 0.220. The summed E-state index contributed by atoms with van der Waals surface area (Å²) in [5, 5.41) is 20.1. The van der Waals surface area contributed by atoms with Crippen LogP contribution in [0.1, 0.15) is 57.5 Å². The minimum atomic E-state index is -2.66. The molecule has 3 N–H and O–H groups in total. The van der Waals surface area contributed by atoms with E-state index in [1.54, 1.807) is 0 Å². The third kappa shape index (κ3) is 4.27. The number of carboxylic acids is 1. The molecule has 1 aliphatic heterocycles. The first kappa shape index (κ1) is 23.8. The van der Waals surface area contributed by atoms with Gasteiger partial charge in [0.05, 0.1) is 33.9 Å². The van der Waals surface area contributed by atoms with Gasteiger partial charge in [-0.15, -0.1) is 0 Å². The van der Waals surface area contributed by atoms with E-state index in [9.17, 15) is 22.8 Å². The van der Waals surface area contributed by atoms with Gasteiger partial charge in [-0.3, -0.25) is 10.2 Å². The number of ether oxygens (including phenoxy) is 1. The zero-order chi connectivity index (χ0) is 24.6. The fourth-order valence-electron chi connectivity index (χ4n) is 4.05. The van der Waals surface area contributed by atoms with E-state index < -0.39 is 29.5 Å². The molecule has 2 aliphatic rings. The molecule has 2 aromatic carbocycles. The lowest BCUT2D eigenvalue weighted by molar-refractivity contribution is 0.0695. The largest absolute Gasteiger partial charge is 0.489 e. The first-order valence-corrected chi connectivity index (χ1v) is 10.9. The predicted molar refractivity (Wildman–Crippen MR) is 118 cm³/mol.